The fourth-order valence-corrected chi connectivity index (χ4v) is 2.31. The normalized spacial score (nSPS) is 10.2. The van der Waals surface area contributed by atoms with Gasteiger partial charge in [-0.1, -0.05) is 18.2 Å². The topological polar surface area (TPSA) is 72.2 Å². The Morgan fingerprint density at radius 2 is 1.90 bits per heavy atom. The van der Waals surface area contributed by atoms with E-state index in [1.165, 1.54) is 30.3 Å². The quantitative estimate of drug-likeness (QED) is 0.676. The van der Waals surface area contributed by atoms with E-state index in [4.69, 9.17) is 0 Å². The summed E-state index contributed by atoms with van der Waals surface area (Å²) in [5.41, 5.74) is 0.724. The number of nitro benzene ring substituents is 1. The van der Waals surface area contributed by atoms with Crippen LogP contribution in [0.2, 0.25) is 0 Å². The number of rotatable bonds is 4. The van der Waals surface area contributed by atoms with Gasteiger partial charge in [-0.15, -0.1) is 0 Å². The summed E-state index contributed by atoms with van der Waals surface area (Å²) in [6, 6.07) is 9.93. The predicted molar refractivity (Wildman–Crippen MR) is 78.4 cm³/mol. The van der Waals surface area contributed by atoms with Crippen LogP contribution in [-0.4, -0.2) is 10.8 Å². The maximum Gasteiger partial charge on any atom is 0.284 e. The Balaban J connectivity index is 2.12. The first-order valence-corrected chi connectivity index (χ1v) is 6.74. The Morgan fingerprint density at radius 3 is 2.52 bits per heavy atom. The van der Waals surface area contributed by atoms with Crippen molar-refractivity contribution in [2.24, 2.45) is 0 Å². The molecular formula is C14H10BrFN2O3. The Labute approximate surface area is 128 Å². The van der Waals surface area contributed by atoms with Crippen LogP contribution in [0, 0.1) is 15.9 Å². The largest absolute Gasteiger partial charge is 0.348 e. The van der Waals surface area contributed by atoms with Gasteiger partial charge in [0.05, 0.1) is 10.5 Å². The average molecular weight is 353 g/mol. The van der Waals surface area contributed by atoms with Crippen LogP contribution in [-0.2, 0) is 6.54 Å². The number of nitrogens with one attached hydrogen (secondary N) is 1. The van der Waals surface area contributed by atoms with Gasteiger partial charge in [0.15, 0.2) is 0 Å². The van der Waals surface area contributed by atoms with E-state index in [2.05, 4.69) is 21.2 Å². The molecule has 1 N–H and O–H groups in total. The summed E-state index contributed by atoms with van der Waals surface area (Å²) in [7, 11) is 0. The Bertz CT molecular complexity index is 689. The smallest absolute Gasteiger partial charge is 0.284 e. The van der Waals surface area contributed by atoms with Crippen LogP contribution < -0.4 is 5.32 Å². The molecule has 0 heterocycles. The fourth-order valence-electron chi connectivity index (χ4n) is 1.72. The summed E-state index contributed by atoms with van der Waals surface area (Å²) in [5, 5.41) is 13.4. The van der Waals surface area contributed by atoms with E-state index in [1.54, 1.807) is 12.1 Å². The van der Waals surface area contributed by atoms with Crippen molar-refractivity contribution in [3.8, 4) is 0 Å². The zero-order valence-electron chi connectivity index (χ0n) is 10.7. The van der Waals surface area contributed by atoms with E-state index in [-0.39, 0.29) is 28.1 Å². The third-order valence-corrected chi connectivity index (χ3v) is 3.62. The molecule has 1 amide bonds. The average Bonchev–Trinajstić information content (AvgIpc) is 2.46. The van der Waals surface area contributed by atoms with Crippen LogP contribution >= 0.6 is 15.9 Å². The maximum absolute atomic E-state index is 12.8. The van der Waals surface area contributed by atoms with Crippen molar-refractivity contribution in [2.45, 2.75) is 6.54 Å². The molecule has 2 rings (SSSR count). The van der Waals surface area contributed by atoms with E-state index in [1.807, 2.05) is 0 Å². The summed E-state index contributed by atoms with van der Waals surface area (Å²) < 4.78 is 12.9. The number of hydrogen-bond acceptors (Lipinski definition) is 3. The van der Waals surface area contributed by atoms with Gasteiger partial charge in [-0.25, -0.2) is 4.39 Å². The molecular weight excluding hydrogens is 343 g/mol. The summed E-state index contributed by atoms with van der Waals surface area (Å²) in [5.74, 6) is -0.804. The van der Waals surface area contributed by atoms with Crippen molar-refractivity contribution >= 4 is 27.5 Å². The summed E-state index contributed by atoms with van der Waals surface area (Å²) >= 11 is 3.07. The van der Waals surface area contributed by atoms with Gasteiger partial charge in [0.25, 0.3) is 11.6 Å². The minimum atomic E-state index is -0.569. The van der Waals surface area contributed by atoms with E-state index in [0.29, 0.717) is 0 Å². The molecule has 7 heteroatoms. The second-order valence-corrected chi connectivity index (χ2v) is 5.00. The highest BCUT2D eigenvalue weighted by Gasteiger charge is 2.19. The molecule has 2 aromatic rings. The number of hydrogen-bond donors (Lipinski definition) is 1. The van der Waals surface area contributed by atoms with Crippen molar-refractivity contribution in [3.05, 3.63) is 74.0 Å². The number of benzene rings is 2. The molecule has 0 aliphatic rings. The second-order valence-electron chi connectivity index (χ2n) is 4.20. The number of amides is 1. The highest BCUT2D eigenvalue weighted by atomic mass is 79.9. The van der Waals surface area contributed by atoms with Crippen molar-refractivity contribution in [2.75, 3.05) is 0 Å². The van der Waals surface area contributed by atoms with Crippen molar-refractivity contribution < 1.29 is 14.1 Å². The van der Waals surface area contributed by atoms with Crippen molar-refractivity contribution in [1.82, 2.24) is 5.32 Å². The van der Waals surface area contributed by atoms with Crippen molar-refractivity contribution in [1.29, 1.82) is 0 Å². The number of carbonyl (C=O) groups excluding carboxylic acids is 1. The molecule has 0 spiro atoms. The number of nitro groups is 1. The summed E-state index contributed by atoms with van der Waals surface area (Å²) in [4.78, 5) is 22.3. The predicted octanol–water partition coefficient (Wildman–Crippen LogP) is 3.43. The molecule has 0 aromatic heterocycles. The third-order valence-electron chi connectivity index (χ3n) is 2.79. The SMILES string of the molecule is O=C(NCc1ccc(F)cc1)c1cccc([N+](=O)[O-])c1Br. The first-order chi connectivity index (χ1) is 9.99. The zero-order chi connectivity index (χ0) is 15.4. The molecule has 0 atom stereocenters. The van der Waals surface area contributed by atoms with Gasteiger partial charge in [0, 0.05) is 12.6 Å². The second kappa shape index (κ2) is 6.45. The van der Waals surface area contributed by atoms with Crippen LogP contribution in [0.5, 0.6) is 0 Å². The first-order valence-electron chi connectivity index (χ1n) is 5.94. The van der Waals surface area contributed by atoms with Crippen LogP contribution in [0.3, 0.4) is 0 Å². The molecule has 2 aromatic carbocycles. The summed E-state index contributed by atoms with van der Waals surface area (Å²) in [6.07, 6.45) is 0. The van der Waals surface area contributed by atoms with Gasteiger partial charge in [-0.2, -0.15) is 0 Å². The lowest BCUT2D eigenvalue weighted by Crippen LogP contribution is -2.23. The minimum absolute atomic E-state index is 0.131. The number of carbonyl (C=O) groups is 1. The van der Waals surface area contributed by atoms with Gasteiger partial charge in [0.1, 0.15) is 10.3 Å². The zero-order valence-corrected chi connectivity index (χ0v) is 12.3. The molecule has 0 aliphatic heterocycles. The molecule has 108 valence electrons. The minimum Gasteiger partial charge on any atom is -0.348 e. The van der Waals surface area contributed by atoms with E-state index < -0.39 is 10.8 Å². The van der Waals surface area contributed by atoms with Crippen LogP contribution in [0.15, 0.2) is 46.9 Å². The van der Waals surface area contributed by atoms with Gasteiger partial charge in [0.2, 0.25) is 0 Å². The van der Waals surface area contributed by atoms with Gasteiger partial charge < -0.3 is 5.32 Å². The van der Waals surface area contributed by atoms with Gasteiger partial charge in [-0.3, -0.25) is 14.9 Å². The van der Waals surface area contributed by atoms with Crippen LogP contribution in [0.1, 0.15) is 15.9 Å². The van der Waals surface area contributed by atoms with E-state index >= 15 is 0 Å². The Hall–Kier alpha value is -2.28. The molecule has 0 saturated carbocycles. The highest BCUT2D eigenvalue weighted by Crippen LogP contribution is 2.28. The van der Waals surface area contributed by atoms with E-state index in [9.17, 15) is 19.3 Å². The Kier molecular flexibility index (Phi) is 4.64. The Morgan fingerprint density at radius 1 is 1.24 bits per heavy atom. The lowest BCUT2D eigenvalue weighted by Gasteiger charge is -2.07. The maximum atomic E-state index is 12.8. The fraction of sp³-hybridized carbons (Fsp3) is 0.0714. The monoisotopic (exact) mass is 352 g/mol. The van der Waals surface area contributed by atoms with E-state index in [0.717, 1.165) is 5.56 Å². The molecule has 5 nitrogen and oxygen atoms in total. The number of nitrogens with zero attached hydrogens (tertiary/aromatic N) is 1. The molecule has 0 radical (unpaired) electrons. The van der Waals surface area contributed by atoms with Gasteiger partial charge in [-0.05, 0) is 39.7 Å². The standard InChI is InChI=1S/C14H10BrFN2O3/c15-13-11(2-1-3-12(13)18(20)21)14(19)17-8-9-4-6-10(16)7-5-9/h1-7H,8H2,(H,17,19). The van der Waals surface area contributed by atoms with Gasteiger partial charge >= 0.3 is 0 Å². The highest BCUT2D eigenvalue weighted by molar-refractivity contribution is 9.10. The van der Waals surface area contributed by atoms with Crippen molar-refractivity contribution in [3.63, 3.8) is 0 Å². The lowest BCUT2D eigenvalue weighted by atomic mass is 10.1. The van der Waals surface area contributed by atoms with Crippen LogP contribution in [0.4, 0.5) is 10.1 Å². The molecule has 0 aliphatic carbocycles. The molecule has 0 bridgehead atoms. The molecule has 0 saturated heterocycles. The number of halogens is 2. The lowest BCUT2D eigenvalue weighted by molar-refractivity contribution is -0.385. The first kappa shape index (κ1) is 15.1. The molecule has 0 fully saturated rings. The third kappa shape index (κ3) is 3.63. The molecule has 21 heavy (non-hydrogen) atoms. The van der Waals surface area contributed by atoms with Crippen LogP contribution in [0.25, 0.3) is 0 Å². The summed E-state index contributed by atoms with van der Waals surface area (Å²) in [6.45, 7) is 0.203. The molecule has 0 unspecified atom stereocenters.